The van der Waals surface area contributed by atoms with Crippen LogP contribution in [0.2, 0.25) is 0 Å². The zero-order valence-electron chi connectivity index (χ0n) is 34.8. The predicted molar refractivity (Wildman–Crippen MR) is 247 cm³/mol. The highest BCUT2D eigenvalue weighted by Crippen LogP contribution is 2.46. The van der Waals surface area contributed by atoms with E-state index < -0.39 is 11.9 Å². The van der Waals surface area contributed by atoms with Crippen molar-refractivity contribution in [1.82, 2.24) is 0 Å². The molecule has 0 heterocycles. The summed E-state index contributed by atoms with van der Waals surface area (Å²) < 4.78 is 12.6. The summed E-state index contributed by atoms with van der Waals surface area (Å²) in [6.07, 6.45) is 4.43. The summed E-state index contributed by atoms with van der Waals surface area (Å²) in [6, 6.07) is 55.9. The molecule has 0 fully saturated rings. The molecule has 8 rings (SSSR count). The van der Waals surface area contributed by atoms with E-state index in [0.717, 1.165) is 69.5 Å². The van der Waals surface area contributed by atoms with Crippen LogP contribution in [0.5, 0.6) is 11.5 Å². The molecule has 4 heteroatoms. The molecule has 0 aromatic heterocycles. The average Bonchev–Trinajstić information content (AvgIpc) is 3.29. The minimum Gasteiger partial charge on any atom is -0.422 e. The second kappa shape index (κ2) is 18.0. The van der Waals surface area contributed by atoms with Gasteiger partial charge in [-0.15, -0.1) is 0 Å². The van der Waals surface area contributed by atoms with Crippen molar-refractivity contribution in [2.45, 2.75) is 53.4 Å². The molecule has 8 aromatic rings. The van der Waals surface area contributed by atoms with E-state index in [1.54, 1.807) is 0 Å². The molecule has 0 N–H and O–H groups in total. The first-order chi connectivity index (χ1) is 29.3. The first-order valence-electron chi connectivity index (χ1n) is 21.1. The van der Waals surface area contributed by atoms with Gasteiger partial charge in [-0.3, -0.25) is 0 Å². The maximum absolute atomic E-state index is 14.0. The molecule has 2 atom stereocenters. The summed E-state index contributed by atoms with van der Waals surface area (Å²) in [4.78, 5) is 27.9. The lowest BCUT2D eigenvalue weighted by Gasteiger charge is -2.19. The van der Waals surface area contributed by atoms with E-state index in [-0.39, 0.29) is 0 Å². The van der Waals surface area contributed by atoms with Gasteiger partial charge in [-0.25, -0.2) is 9.59 Å². The molecule has 0 radical (unpaired) electrons. The van der Waals surface area contributed by atoms with Gasteiger partial charge in [0.05, 0.1) is 11.1 Å². The maximum Gasteiger partial charge on any atom is 0.343 e. The second-order valence-corrected chi connectivity index (χ2v) is 16.1. The Morgan fingerprint density at radius 1 is 0.417 bits per heavy atom. The Morgan fingerprint density at radius 2 is 0.750 bits per heavy atom. The van der Waals surface area contributed by atoms with Crippen LogP contribution >= 0.6 is 0 Å². The molecular formula is C56H50O4. The fourth-order valence-electron chi connectivity index (χ4n) is 7.86. The molecular weight excluding hydrogens is 737 g/mol. The van der Waals surface area contributed by atoms with Crippen LogP contribution in [-0.2, 0) is 12.8 Å². The third-order valence-electron chi connectivity index (χ3n) is 11.8. The van der Waals surface area contributed by atoms with Crippen LogP contribution < -0.4 is 9.47 Å². The number of benzene rings is 8. The summed E-state index contributed by atoms with van der Waals surface area (Å²) in [5.74, 6) is 1.06. The van der Waals surface area contributed by atoms with Crippen molar-refractivity contribution in [2.24, 2.45) is 11.8 Å². The number of carbonyl (C=O) groups excluding carboxylic acids is 2. The molecule has 0 aliphatic carbocycles. The molecule has 60 heavy (non-hydrogen) atoms. The number of fused-ring (bicyclic) bond motifs is 2. The lowest BCUT2D eigenvalue weighted by atomic mass is 9.92. The van der Waals surface area contributed by atoms with E-state index in [9.17, 15) is 9.59 Å². The highest BCUT2D eigenvalue weighted by atomic mass is 16.5. The van der Waals surface area contributed by atoms with E-state index in [1.807, 2.05) is 121 Å². The zero-order valence-corrected chi connectivity index (χ0v) is 34.8. The van der Waals surface area contributed by atoms with Crippen LogP contribution in [0.4, 0.5) is 0 Å². The number of ether oxygens (including phenoxy) is 2. The Labute approximate surface area is 353 Å². The van der Waals surface area contributed by atoms with E-state index in [1.165, 1.54) is 11.1 Å². The minimum atomic E-state index is -0.481. The lowest BCUT2D eigenvalue weighted by molar-refractivity contribution is 0.0723. The number of hydrogen-bond donors (Lipinski definition) is 0. The van der Waals surface area contributed by atoms with Crippen molar-refractivity contribution in [2.75, 3.05) is 0 Å². The standard InChI is InChI=1S/C56H50O4/c1-5-37(3)35-39-15-19-41(20-16-39)43-23-27-47(28-24-43)55(57)59-51-33-31-45-11-7-9-13-49(45)53(51)54-50-14-10-8-12-46(50)32-34-52(54)60-56(58)48-29-25-44(26-30-48)42-21-17-40(18-22-42)36-38(4)6-2/h7-34,37-38H,5-6,35-36H2,1-4H3. The predicted octanol–water partition coefficient (Wildman–Crippen LogP) is 14.6. The van der Waals surface area contributed by atoms with E-state index in [0.29, 0.717) is 45.6 Å². The molecule has 0 saturated carbocycles. The fraction of sp³-hybridized carbons (Fsp3) is 0.179. The normalized spacial score (nSPS) is 12.3. The van der Waals surface area contributed by atoms with Crippen molar-refractivity contribution >= 4 is 33.5 Å². The van der Waals surface area contributed by atoms with Crippen molar-refractivity contribution in [3.05, 3.63) is 192 Å². The van der Waals surface area contributed by atoms with Gasteiger partial charge in [0, 0.05) is 11.1 Å². The topological polar surface area (TPSA) is 52.6 Å². The molecule has 0 aliphatic rings. The van der Waals surface area contributed by atoms with E-state index in [4.69, 9.17) is 9.47 Å². The van der Waals surface area contributed by atoms with Crippen LogP contribution in [0.25, 0.3) is 54.9 Å². The van der Waals surface area contributed by atoms with Crippen molar-refractivity contribution in [3.63, 3.8) is 0 Å². The smallest absolute Gasteiger partial charge is 0.343 e. The summed E-state index contributed by atoms with van der Waals surface area (Å²) >= 11 is 0. The van der Waals surface area contributed by atoms with Gasteiger partial charge in [-0.2, -0.15) is 0 Å². The minimum absolute atomic E-state index is 0.368. The Hall–Kier alpha value is -6.78. The van der Waals surface area contributed by atoms with Crippen LogP contribution in [0, 0.1) is 11.8 Å². The number of rotatable bonds is 13. The highest BCUT2D eigenvalue weighted by molar-refractivity contribution is 6.11. The Morgan fingerprint density at radius 3 is 1.10 bits per heavy atom. The molecule has 2 unspecified atom stereocenters. The number of carbonyl (C=O) groups is 2. The Kier molecular flexibility index (Phi) is 12.0. The van der Waals surface area contributed by atoms with Gasteiger partial charge >= 0.3 is 11.9 Å². The third-order valence-corrected chi connectivity index (χ3v) is 11.8. The summed E-state index contributed by atoms with van der Waals surface area (Å²) in [5, 5.41) is 3.65. The molecule has 0 aliphatic heterocycles. The highest BCUT2D eigenvalue weighted by Gasteiger charge is 2.23. The van der Waals surface area contributed by atoms with E-state index >= 15 is 0 Å². The van der Waals surface area contributed by atoms with Crippen molar-refractivity contribution < 1.29 is 19.1 Å². The molecule has 0 saturated heterocycles. The second-order valence-electron chi connectivity index (χ2n) is 16.1. The van der Waals surface area contributed by atoms with Gasteiger partial charge in [0.2, 0.25) is 0 Å². The summed E-state index contributed by atoms with van der Waals surface area (Å²) in [6.45, 7) is 9.00. The number of hydrogen-bond acceptors (Lipinski definition) is 4. The van der Waals surface area contributed by atoms with Crippen LogP contribution in [0.15, 0.2) is 170 Å². The van der Waals surface area contributed by atoms with Gasteiger partial charge in [0.25, 0.3) is 0 Å². The molecule has 8 aromatic carbocycles. The van der Waals surface area contributed by atoms with Gasteiger partial charge in [0.1, 0.15) is 11.5 Å². The molecule has 298 valence electrons. The van der Waals surface area contributed by atoms with Gasteiger partial charge < -0.3 is 9.47 Å². The average molecular weight is 787 g/mol. The first kappa shape index (κ1) is 40.0. The van der Waals surface area contributed by atoms with E-state index in [2.05, 4.69) is 76.2 Å². The van der Waals surface area contributed by atoms with Crippen LogP contribution in [-0.4, -0.2) is 11.9 Å². The fourth-order valence-corrected chi connectivity index (χ4v) is 7.86. The maximum atomic E-state index is 14.0. The van der Waals surface area contributed by atoms with Gasteiger partial charge in [-0.1, -0.05) is 174 Å². The van der Waals surface area contributed by atoms with Gasteiger partial charge in [-0.05, 0) is 116 Å². The Balaban J connectivity index is 1.10. The first-order valence-corrected chi connectivity index (χ1v) is 21.1. The Bertz CT molecular complexity index is 2570. The van der Waals surface area contributed by atoms with Crippen LogP contribution in [0.3, 0.4) is 0 Å². The van der Waals surface area contributed by atoms with Crippen LogP contribution in [0.1, 0.15) is 72.4 Å². The summed E-state index contributed by atoms with van der Waals surface area (Å²) in [5.41, 5.74) is 9.09. The van der Waals surface area contributed by atoms with Gasteiger partial charge in [0.15, 0.2) is 0 Å². The molecule has 4 nitrogen and oxygen atoms in total. The largest absolute Gasteiger partial charge is 0.422 e. The monoisotopic (exact) mass is 786 g/mol. The lowest BCUT2D eigenvalue weighted by Crippen LogP contribution is -2.11. The third kappa shape index (κ3) is 8.79. The molecule has 0 amide bonds. The zero-order chi connectivity index (χ0) is 41.6. The molecule has 0 spiro atoms. The quantitative estimate of drug-likeness (QED) is 0.0863. The number of esters is 2. The summed E-state index contributed by atoms with van der Waals surface area (Å²) in [7, 11) is 0. The SMILES string of the molecule is CCC(C)Cc1ccc(-c2ccc(C(=O)Oc3ccc4ccccc4c3-c3c(OC(=O)c4ccc(-c5ccc(CC(C)CC)cc5)cc4)ccc4ccccc34)cc2)cc1. The van der Waals surface area contributed by atoms with Crippen molar-refractivity contribution in [1.29, 1.82) is 0 Å². The molecule has 0 bridgehead atoms. The van der Waals surface area contributed by atoms with Crippen molar-refractivity contribution in [3.8, 4) is 44.9 Å².